The third-order valence-electron chi connectivity index (χ3n) is 3.82. The van der Waals surface area contributed by atoms with E-state index >= 15 is 0 Å². The summed E-state index contributed by atoms with van der Waals surface area (Å²) in [6, 6.07) is 16.8. The summed E-state index contributed by atoms with van der Waals surface area (Å²) in [7, 11) is 0. The molecular weight excluding hydrogens is 316 g/mol. The summed E-state index contributed by atoms with van der Waals surface area (Å²) in [5.41, 5.74) is 2.31. The molecule has 2 N–H and O–H groups in total. The molecule has 0 radical (unpaired) electrons. The molecule has 3 rings (SSSR count). The van der Waals surface area contributed by atoms with Gasteiger partial charge in [-0.3, -0.25) is 0 Å². The first-order valence-corrected chi connectivity index (χ1v) is 8.23. The summed E-state index contributed by atoms with van der Waals surface area (Å²) in [5, 5.41) is 9.71. The van der Waals surface area contributed by atoms with Crippen LogP contribution in [-0.4, -0.2) is 22.2 Å². The monoisotopic (exact) mass is 336 g/mol. The minimum absolute atomic E-state index is 0.119. The second kappa shape index (κ2) is 7.61. The lowest BCUT2D eigenvalue weighted by Gasteiger charge is -2.12. The van der Waals surface area contributed by atoms with Crippen molar-refractivity contribution in [1.82, 2.24) is 15.5 Å². The van der Waals surface area contributed by atoms with Gasteiger partial charge in [-0.25, -0.2) is 4.79 Å². The van der Waals surface area contributed by atoms with Crippen LogP contribution in [0, 0.1) is 0 Å². The summed E-state index contributed by atoms with van der Waals surface area (Å²) in [5.74, 6) is 0.938. The van der Waals surface area contributed by atoms with Crippen LogP contribution in [0.3, 0.4) is 0 Å². The number of anilines is 1. The average Bonchev–Trinajstić information content (AvgIpc) is 3.12. The van der Waals surface area contributed by atoms with Crippen LogP contribution in [-0.2, 0) is 0 Å². The van der Waals surface area contributed by atoms with Crippen molar-refractivity contribution >= 4 is 11.7 Å². The molecule has 6 nitrogen and oxygen atoms in total. The first-order valence-electron chi connectivity index (χ1n) is 8.23. The number of benzene rings is 2. The van der Waals surface area contributed by atoms with Gasteiger partial charge in [-0.1, -0.05) is 42.4 Å². The van der Waals surface area contributed by atoms with Crippen molar-refractivity contribution in [1.29, 1.82) is 0 Å². The van der Waals surface area contributed by atoms with Crippen molar-refractivity contribution in [2.45, 2.75) is 26.3 Å². The Balaban J connectivity index is 1.76. The molecule has 0 saturated heterocycles. The second-order valence-corrected chi connectivity index (χ2v) is 5.78. The largest absolute Gasteiger partial charge is 0.335 e. The first-order chi connectivity index (χ1) is 12.2. The molecular formula is C19H20N4O2. The summed E-state index contributed by atoms with van der Waals surface area (Å²) < 4.78 is 5.33. The summed E-state index contributed by atoms with van der Waals surface area (Å²) in [6.07, 6.45) is 0.874. The average molecular weight is 336 g/mol. The Morgan fingerprint density at radius 2 is 1.88 bits per heavy atom. The van der Waals surface area contributed by atoms with Gasteiger partial charge < -0.3 is 15.2 Å². The zero-order valence-corrected chi connectivity index (χ0v) is 14.2. The second-order valence-electron chi connectivity index (χ2n) is 5.78. The topological polar surface area (TPSA) is 80.0 Å². The minimum atomic E-state index is -0.232. The maximum absolute atomic E-state index is 11.9. The van der Waals surface area contributed by atoms with Crippen molar-refractivity contribution in [2.24, 2.45) is 0 Å². The molecule has 0 aliphatic heterocycles. The van der Waals surface area contributed by atoms with Crippen LogP contribution in [0.5, 0.6) is 0 Å². The van der Waals surface area contributed by atoms with Gasteiger partial charge in [-0.05, 0) is 37.6 Å². The third-order valence-corrected chi connectivity index (χ3v) is 3.82. The van der Waals surface area contributed by atoms with E-state index < -0.39 is 0 Å². The number of carbonyl (C=O) groups is 1. The molecule has 0 aliphatic rings. The number of urea groups is 1. The molecule has 0 aliphatic carbocycles. The molecule has 6 heteroatoms. The van der Waals surface area contributed by atoms with Gasteiger partial charge in [0.1, 0.15) is 0 Å². The molecule has 0 spiro atoms. The van der Waals surface area contributed by atoms with Gasteiger partial charge in [0.05, 0.1) is 0 Å². The van der Waals surface area contributed by atoms with Gasteiger partial charge in [0.15, 0.2) is 0 Å². The fraction of sp³-hybridized carbons (Fsp3) is 0.211. The quantitative estimate of drug-likeness (QED) is 0.727. The van der Waals surface area contributed by atoms with Crippen LogP contribution in [0.25, 0.3) is 22.8 Å². The molecule has 1 atom stereocenters. The SMILES string of the molecule is CC[C@H](C)NC(=O)Nc1cccc(-c2noc(-c3ccccc3)n2)c1. The summed E-state index contributed by atoms with van der Waals surface area (Å²) >= 11 is 0. The Bertz CT molecular complexity index is 845. The van der Waals surface area contributed by atoms with E-state index in [-0.39, 0.29) is 12.1 Å². The zero-order chi connectivity index (χ0) is 17.6. The van der Waals surface area contributed by atoms with Crippen LogP contribution in [0.2, 0.25) is 0 Å². The lowest BCUT2D eigenvalue weighted by atomic mass is 10.2. The number of hydrogen-bond acceptors (Lipinski definition) is 4. The Labute approximate surface area is 146 Å². The predicted molar refractivity (Wildman–Crippen MR) is 97.1 cm³/mol. The van der Waals surface area contributed by atoms with Gasteiger partial charge in [-0.2, -0.15) is 4.98 Å². The Morgan fingerprint density at radius 1 is 1.12 bits per heavy atom. The van der Waals surface area contributed by atoms with Crippen molar-refractivity contribution in [3.63, 3.8) is 0 Å². The zero-order valence-electron chi connectivity index (χ0n) is 14.2. The van der Waals surface area contributed by atoms with Gasteiger partial charge >= 0.3 is 6.03 Å². The molecule has 2 aromatic carbocycles. The minimum Gasteiger partial charge on any atom is -0.335 e. The van der Waals surface area contributed by atoms with Crippen LogP contribution >= 0.6 is 0 Å². The van der Waals surface area contributed by atoms with Crippen LogP contribution in [0.4, 0.5) is 10.5 Å². The van der Waals surface area contributed by atoms with E-state index in [0.717, 1.165) is 17.5 Å². The number of rotatable bonds is 5. The van der Waals surface area contributed by atoms with Gasteiger partial charge in [0.2, 0.25) is 5.82 Å². The predicted octanol–water partition coefficient (Wildman–Crippen LogP) is 4.32. The highest BCUT2D eigenvalue weighted by molar-refractivity contribution is 5.90. The van der Waals surface area contributed by atoms with Gasteiger partial charge in [0.25, 0.3) is 5.89 Å². The highest BCUT2D eigenvalue weighted by Gasteiger charge is 2.11. The van der Waals surface area contributed by atoms with Crippen molar-refractivity contribution in [2.75, 3.05) is 5.32 Å². The van der Waals surface area contributed by atoms with Crippen LogP contribution in [0.15, 0.2) is 59.1 Å². The molecule has 2 amide bonds. The van der Waals surface area contributed by atoms with Crippen molar-refractivity contribution in [3.05, 3.63) is 54.6 Å². The Morgan fingerprint density at radius 3 is 2.64 bits per heavy atom. The molecule has 0 unspecified atom stereocenters. The number of carbonyl (C=O) groups excluding carboxylic acids is 1. The van der Waals surface area contributed by atoms with Gasteiger partial charge in [0, 0.05) is 22.9 Å². The van der Waals surface area contributed by atoms with Crippen LogP contribution in [0.1, 0.15) is 20.3 Å². The smallest absolute Gasteiger partial charge is 0.319 e. The van der Waals surface area contributed by atoms with E-state index in [1.54, 1.807) is 0 Å². The number of aromatic nitrogens is 2. The fourth-order valence-electron chi connectivity index (χ4n) is 2.27. The number of nitrogens with zero attached hydrogens (tertiary/aromatic N) is 2. The van der Waals surface area contributed by atoms with Crippen molar-refractivity contribution in [3.8, 4) is 22.8 Å². The summed E-state index contributed by atoms with van der Waals surface area (Å²) in [4.78, 5) is 16.4. The van der Waals surface area contributed by atoms with Crippen LogP contribution < -0.4 is 10.6 Å². The molecule has 128 valence electrons. The number of hydrogen-bond donors (Lipinski definition) is 2. The Kier molecular flexibility index (Phi) is 5.09. The molecule has 1 aromatic heterocycles. The molecule has 0 fully saturated rings. The van der Waals surface area contributed by atoms with Gasteiger partial charge in [-0.15, -0.1) is 0 Å². The molecule has 25 heavy (non-hydrogen) atoms. The van der Waals surface area contributed by atoms with E-state index in [4.69, 9.17) is 4.52 Å². The van der Waals surface area contributed by atoms with E-state index in [9.17, 15) is 4.79 Å². The van der Waals surface area contributed by atoms with E-state index in [1.165, 1.54) is 0 Å². The highest BCUT2D eigenvalue weighted by atomic mass is 16.5. The lowest BCUT2D eigenvalue weighted by molar-refractivity contribution is 0.249. The first kappa shape index (κ1) is 16.7. The van der Waals surface area contributed by atoms with E-state index in [0.29, 0.717) is 17.4 Å². The maximum atomic E-state index is 11.9. The molecule has 3 aromatic rings. The van der Waals surface area contributed by atoms with E-state index in [1.807, 2.05) is 68.4 Å². The standard InChI is InChI=1S/C19H20N4O2/c1-3-13(2)20-19(24)21-16-11-7-10-15(12-16)17-22-18(25-23-17)14-8-5-4-6-9-14/h4-13H,3H2,1-2H3,(H2,20,21,24)/t13-/m0/s1. The Hall–Kier alpha value is -3.15. The number of nitrogens with one attached hydrogen (secondary N) is 2. The molecule has 0 saturated carbocycles. The van der Waals surface area contributed by atoms with E-state index in [2.05, 4.69) is 20.8 Å². The number of amides is 2. The summed E-state index contributed by atoms with van der Waals surface area (Å²) in [6.45, 7) is 3.98. The highest BCUT2D eigenvalue weighted by Crippen LogP contribution is 2.23. The molecule has 1 heterocycles. The normalized spacial score (nSPS) is 11.8. The van der Waals surface area contributed by atoms with Crippen molar-refractivity contribution < 1.29 is 9.32 Å². The maximum Gasteiger partial charge on any atom is 0.319 e. The fourth-order valence-corrected chi connectivity index (χ4v) is 2.27. The molecule has 0 bridgehead atoms. The third kappa shape index (κ3) is 4.23. The lowest BCUT2D eigenvalue weighted by Crippen LogP contribution is -2.35.